The van der Waals surface area contributed by atoms with Crippen LogP contribution in [0.15, 0.2) is 78.9 Å². The number of benzene rings is 2. The van der Waals surface area contributed by atoms with Crippen LogP contribution in [0.4, 0.5) is 36.3 Å². The third-order valence-corrected chi connectivity index (χ3v) is 14.4. The van der Waals surface area contributed by atoms with Gasteiger partial charge in [-0.2, -0.15) is 10.1 Å². The van der Waals surface area contributed by atoms with E-state index in [0.29, 0.717) is 22.7 Å². The Morgan fingerprint density at radius 2 is 1.81 bits per heavy atom. The van der Waals surface area contributed by atoms with Crippen molar-refractivity contribution < 1.29 is 13.2 Å². The van der Waals surface area contributed by atoms with Crippen LogP contribution < -0.4 is 31.1 Å². The minimum Gasteiger partial charge on any atom is -0.375 e. The van der Waals surface area contributed by atoms with E-state index in [2.05, 4.69) is 57.8 Å². The zero-order valence-electron chi connectivity index (χ0n) is 36.8. The van der Waals surface area contributed by atoms with E-state index in [1.807, 2.05) is 47.9 Å². The number of piperidine rings is 2. The molecule has 2 aromatic heterocycles. The minimum atomic E-state index is -2.80. The first-order valence-corrected chi connectivity index (χ1v) is 23.2. The summed E-state index contributed by atoms with van der Waals surface area (Å²) in [6.45, 7) is 18.0. The molecule has 1 saturated carbocycles. The summed E-state index contributed by atoms with van der Waals surface area (Å²) in [5.74, 6) is -1.26. The van der Waals surface area contributed by atoms with Crippen molar-refractivity contribution in [2.24, 2.45) is 18.9 Å². The number of nitrogens with one attached hydrogen (secondary N) is 4. The molecule has 4 aromatic rings. The largest absolute Gasteiger partial charge is 0.375 e. The number of anilines is 4. The van der Waals surface area contributed by atoms with Gasteiger partial charge in [0.25, 0.3) is 5.92 Å². The molecule has 9 rings (SSSR count). The van der Waals surface area contributed by atoms with Gasteiger partial charge in [0.15, 0.2) is 5.82 Å². The van der Waals surface area contributed by atoms with Gasteiger partial charge in [0.2, 0.25) is 5.95 Å². The molecule has 0 spiro atoms. The minimum absolute atomic E-state index is 0.0198. The lowest BCUT2D eigenvalue weighted by Gasteiger charge is -2.34. The lowest BCUT2D eigenvalue weighted by atomic mass is 9.87. The highest BCUT2D eigenvalue weighted by molar-refractivity contribution is 6.32. The van der Waals surface area contributed by atoms with Gasteiger partial charge in [-0.25, -0.2) is 18.2 Å². The number of nitrogens with zero attached hydrogens (tertiary/aromatic N) is 6. The Hall–Kier alpha value is -5.01. The zero-order valence-corrected chi connectivity index (χ0v) is 37.5. The average molecular weight is 882 g/mol. The van der Waals surface area contributed by atoms with Crippen molar-refractivity contribution in [1.29, 1.82) is 0 Å². The van der Waals surface area contributed by atoms with Crippen LogP contribution in [0, 0.1) is 17.7 Å². The first kappa shape index (κ1) is 43.3. The number of fused-ring (bicyclic) bond motifs is 3. The Kier molecular flexibility index (Phi) is 12.0. The van der Waals surface area contributed by atoms with Gasteiger partial charge in [-0.05, 0) is 130 Å². The molecule has 1 aliphatic carbocycles. The average Bonchev–Trinajstić information content (AvgIpc) is 4.07. The SMILES string of the molecule is C=C1CCC(c2nn(C)c3cc(C(CCC)CCNCC4CCN(c5ncc(Cl)c(Nc6ccc7c(c6)C6=C(CCC(F)(F)C(C8CC8)N6)C(=C)N7C)n5)CC4)c(F)cc23)C(=C)N1. The summed E-state index contributed by atoms with van der Waals surface area (Å²) in [5.41, 5.74) is 9.26. The van der Waals surface area contributed by atoms with Gasteiger partial charge in [0.05, 0.1) is 29.1 Å². The van der Waals surface area contributed by atoms with Crippen LogP contribution >= 0.6 is 11.6 Å². The second-order valence-corrected chi connectivity index (χ2v) is 18.9. The van der Waals surface area contributed by atoms with Crippen LogP contribution in [0.3, 0.4) is 0 Å². The molecular formula is C49H60ClF3N10. The Morgan fingerprint density at radius 1 is 1.02 bits per heavy atom. The number of aryl methyl sites for hydroxylation is 1. The third kappa shape index (κ3) is 8.67. The molecule has 0 bridgehead atoms. The Morgan fingerprint density at radius 3 is 2.56 bits per heavy atom. The van der Waals surface area contributed by atoms with Gasteiger partial charge < -0.3 is 31.1 Å². The first-order chi connectivity index (χ1) is 30.3. The molecule has 3 unspecified atom stereocenters. The maximum Gasteiger partial charge on any atom is 0.268 e. The molecule has 3 atom stereocenters. The van der Waals surface area contributed by atoms with Crippen molar-refractivity contribution in [3.8, 4) is 0 Å². The molecular weight excluding hydrogens is 821 g/mol. The van der Waals surface area contributed by atoms with E-state index in [1.165, 1.54) is 0 Å². The quantitative estimate of drug-likeness (QED) is 0.0979. The Balaban J connectivity index is 0.808. The molecule has 0 radical (unpaired) electrons. The van der Waals surface area contributed by atoms with Crippen molar-refractivity contribution in [1.82, 2.24) is 35.7 Å². The molecule has 10 nitrogen and oxygen atoms in total. The second-order valence-electron chi connectivity index (χ2n) is 18.5. The smallest absolute Gasteiger partial charge is 0.268 e. The molecule has 334 valence electrons. The molecule has 2 saturated heterocycles. The van der Waals surface area contributed by atoms with E-state index in [-0.39, 0.29) is 36.4 Å². The van der Waals surface area contributed by atoms with Crippen molar-refractivity contribution in [2.45, 2.75) is 101 Å². The van der Waals surface area contributed by atoms with Gasteiger partial charge in [0, 0.05) is 78.9 Å². The maximum atomic E-state index is 16.0. The molecule has 3 fully saturated rings. The number of aromatic nitrogens is 4. The van der Waals surface area contributed by atoms with E-state index >= 15 is 13.2 Å². The van der Waals surface area contributed by atoms with Crippen molar-refractivity contribution in [3.05, 3.63) is 107 Å². The lowest BCUT2D eigenvalue weighted by Crippen LogP contribution is -2.45. The topological polar surface area (TPSA) is 98.2 Å². The number of alkyl halides is 2. The molecule has 14 heteroatoms. The molecule has 4 aliphatic heterocycles. The summed E-state index contributed by atoms with van der Waals surface area (Å²) in [6.07, 6.45) is 9.73. The van der Waals surface area contributed by atoms with Crippen molar-refractivity contribution in [3.63, 3.8) is 0 Å². The second kappa shape index (κ2) is 17.5. The fourth-order valence-corrected chi connectivity index (χ4v) is 10.5. The van der Waals surface area contributed by atoms with E-state index < -0.39 is 12.0 Å². The normalized spacial score (nSPS) is 22.1. The Bertz CT molecular complexity index is 2470. The van der Waals surface area contributed by atoms with Gasteiger partial charge in [-0.3, -0.25) is 4.68 Å². The molecule has 6 heterocycles. The van der Waals surface area contributed by atoms with Gasteiger partial charge in [-0.15, -0.1) is 0 Å². The van der Waals surface area contributed by atoms with Crippen molar-refractivity contribution in [2.75, 3.05) is 48.3 Å². The lowest BCUT2D eigenvalue weighted by molar-refractivity contribution is -0.0441. The van der Waals surface area contributed by atoms with Gasteiger partial charge >= 0.3 is 0 Å². The number of rotatable bonds is 13. The van der Waals surface area contributed by atoms with Crippen LogP contribution in [0.1, 0.15) is 106 Å². The van der Waals surface area contributed by atoms with Crippen molar-refractivity contribution >= 4 is 51.3 Å². The summed E-state index contributed by atoms with van der Waals surface area (Å²) in [6, 6.07) is 8.76. The molecule has 63 heavy (non-hydrogen) atoms. The summed E-state index contributed by atoms with van der Waals surface area (Å²) in [5, 5.41) is 19.8. The predicted octanol–water partition coefficient (Wildman–Crippen LogP) is 10.6. The van der Waals surface area contributed by atoms with E-state index in [9.17, 15) is 0 Å². The number of allylic oxidation sites excluding steroid dienone is 3. The van der Waals surface area contributed by atoms with Crippen LogP contribution in [0.25, 0.3) is 16.6 Å². The molecule has 4 N–H and O–H groups in total. The summed E-state index contributed by atoms with van der Waals surface area (Å²) in [4.78, 5) is 13.7. The number of hydrogen-bond donors (Lipinski definition) is 4. The predicted molar refractivity (Wildman–Crippen MR) is 249 cm³/mol. The zero-order chi connectivity index (χ0) is 44.2. The number of likely N-dealkylation sites (N-methyl/N-ethyl adjacent to an activating group) is 1. The highest BCUT2D eigenvalue weighted by Crippen LogP contribution is 2.49. The highest BCUT2D eigenvalue weighted by Gasteiger charge is 2.50. The number of hydrogen-bond acceptors (Lipinski definition) is 9. The van der Waals surface area contributed by atoms with E-state index in [4.69, 9.17) is 21.7 Å². The van der Waals surface area contributed by atoms with E-state index in [1.54, 1.807) is 12.3 Å². The fraction of sp³-hybridized carbons (Fsp3) is 0.490. The van der Waals surface area contributed by atoms with Crippen LogP contribution in [0.5, 0.6) is 0 Å². The third-order valence-electron chi connectivity index (χ3n) is 14.1. The number of halogens is 4. The summed E-state index contributed by atoms with van der Waals surface area (Å²) in [7, 11) is 3.88. The monoisotopic (exact) mass is 880 g/mol. The van der Waals surface area contributed by atoms with Crippen LogP contribution in [-0.4, -0.2) is 64.9 Å². The van der Waals surface area contributed by atoms with Crippen LogP contribution in [-0.2, 0) is 7.05 Å². The molecule has 5 aliphatic rings. The first-order valence-electron chi connectivity index (χ1n) is 22.8. The van der Waals surface area contributed by atoms with Gasteiger partial charge in [0.1, 0.15) is 10.8 Å². The van der Waals surface area contributed by atoms with Gasteiger partial charge in [-0.1, -0.05) is 44.7 Å². The summed E-state index contributed by atoms with van der Waals surface area (Å²) >= 11 is 6.68. The fourth-order valence-electron chi connectivity index (χ4n) is 10.3. The standard InChI is InChI=1S/C49H60ClF3N10/c1-7-8-32(37-25-43-39(24-41(37)51)45(60-62(43)6)35-13-9-28(2)56-29(35)3)16-20-54-26-31-17-21-63(22-18-31)48-55-27-40(50)47(59-48)57-34-12-14-42-38(23-34)44-36(30(4)61(42)5)15-19-49(52,53)46(58-44)33-10-11-33/h12,14,23-25,27,31-33,35,46,54,56,58H,2-4,7-11,13,15-22,26H2,1,5-6H3,(H,55,57,59). The van der Waals surface area contributed by atoms with E-state index in [0.717, 1.165) is 151 Å². The molecule has 0 amide bonds. The maximum absolute atomic E-state index is 16.0. The van der Waals surface area contributed by atoms with Crippen LogP contribution in [0.2, 0.25) is 5.02 Å². The molecule has 2 aromatic carbocycles. The Labute approximate surface area is 374 Å². The highest BCUT2D eigenvalue weighted by atomic mass is 35.5. The summed E-state index contributed by atoms with van der Waals surface area (Å²) < 4.78 is 48.6.